The molecule has 1 heterocycles. The van der Waals surface area contributed by atoms with Crippen molar-refractivity contribution in [2.75, 3.05) is 26.3 Å². The number of ether oxygens (including phenoxy) is 1. The van der Waals surface area contributed by atoms with Crippen LogP contribution in [0.4, 0.5) is 0 Å². The third-order valence-electron chi connectivity index (χ3n) is 2.92. The predicted molar refractivity (Wildman–Crippen MR) is 62.0 cm³/mol. The van der Waals surface area contributed by atoms with Crippen LogP contribution >= 0.6 is 0 Å². The van der Waals surface area contributed by atoms with E-state index in [0.29, 0.717) is 12.7 Å². The van der Waals surface area contributed by atoms with Gasteiger partial charge in [-0.25, -0.2) is 0 Å². The Morgan fingerprint density at radius 1 is 1.13 bits per heavy atom. The lowest BCUT2D eigenvalue weighted by molar-refractivity contribution is 0.102. The van der Waals surface area contributed by atoms with E-state index in [1.165, 1.54) is 32.1 Å². The van der Waals surface area contributed by atoms with E-state index in [-0.39, 0.29) is 0 Å². The van der Waals surface area contributed by atoms with Gasteiger partial charge in [-0.1, -0.05) is 0 Å². The summed E-state index contributed by atoms with van der Waals surface area (Å²) in [5.74, 6) is 0. The van der Waals surface area contributed by atoms with Gasteiger partial charge in [0.15, 0.2) is 0 Å². The van der Waals surface area contributed by atoms with Gasteiger partial charge in [-0.3, -0.25) is 0 Å². The molecular formula is C12H25NO2. The minimum absolute atomic E-state index is 0.332. The molecule has 1 atom stereocenters. The summed E-state index contributed by atoms with van der Waals surface area (Å²) < 4.78 is 5.56. The number of rotatable bonds is 9. The van der Waals surface area contributed by atoms with Crippen LogP contribution in [0.2, 0.25) is 0 Å². The Morgan fingerprint density at radius 2 is 2.00 bits per heavy atom. The Hall–Kier alpha value is -0.120. The van der Waals surface area contributed by atoms with E-state index in [1.54, 1.807) is 0 Å². The minimum atomic E-state index is 0.332. The first-order chi connectivity index (χ1) is 7.43. The summed E-state index contributed by atoms with van der Waals surface area (Å²) in [6.07, 6.45) is 8.75. The maximum absolute atomic E-state index is 8.59. The average molecular weight is 215 g/mol. The highest BCUT2D eigenvalue weighted by Crippen LogP contribution is 2.16. The van der Waals surface area contributed by atoms with Gasteiger partial charge in [0.05, 0.1) is 6.10 Å². The van der Waals surface area contributed by atoms with Gasteiger partial charge >= 0.3 is 0 Å². The second-order valence-electron chi connectivity index (χ2n) is 4.31. The molecule has 3 nitrogen and oxygen atoms in total. The van der Waals surface area contributed by atoms with Gasteiger partial charge in [0.1, 0.15) is 0 Å². The normalized spacial score (nSPS) is 21.0. The lowest BCUT2D eigenvalue weighted by atomic mass is 10.1. The van der Waals surface area contributed by atoms with Crippen LogP contribution in [0.3, 0.4) is 0 Å². The molecule has 0 aromatic carbocycles. The van der Waals surface area contributed by atoms with E-state index in [2.05, 4.69) is 5.32 Å². The van der Waals surface area contributed by atoms with E-state index >= 15 is 0 Å². The predicted octanol–water partition coefficient (Wildman–Crippen LogP) is 1.70. The van der Waals surface area contributed by atoms with E-state index in [4.69, 9.17) is 9.84 Å². The van der Waals surface area contributed by atoms with Gasteiger partial charge in [-0.15, -0.1) is 0 Å². The zero-order valence-corrected chi connectivity index (χ0v) is 9.71. The fourth-order valence-electron chi connectivity index (χ4n) is 1.99. The van der Waals surface area contributed by atoms with Crippen molar-refractivity contribution in [2.24, 2.45) is 0 Å². The molecular weight excluding hydrogens is 190 g/mol. The van der Waals surface area contributed by atoms with Crippen LogP contribution in [0.15, 0.2) is 0 Å². The van der Waals surface area contributed by atoms with E-state index in [9.17, 15) is 0 Å². The van der Waals surface area contributed by atoms with Crippen LogP contribution in [0.5, 0.6) is 0 Å². The van der Waals surface area contributed by atoms with Gasteiger partial charge in [0.25, 0.3) is 0 Å². The molecule has 0 aromatic heterocycles. The lowest BCUT2D eigenvalue weighted by Gasteiger charge is -2.09. The van der Waals surface area contributed by atoms with Gasteiger partial charge in [-0.2, -0.15) is 0 Å². The molecule has 1 aliphatic heterocycles. The van der Waals surface area contributed by atoms with E-state index < -0.39 is 0 Å². The molecule has 15 heavy (non-hydrogen) atoms. The van der Waals surface area contributed by atoms with Crippen LogP contribution in [-0.2, 0) is 4.74 Å². The molecule has 1 rings (SSSR count). The zero-order valence-electron chi connectivity index (χ0n) is 9.71. The van der Waals surface area contributed by atoms with Crippen LogP contribution in [0.1, 0.15) is 44.9 Å². The monoisotopic (exact) mass is 215 g/mol. The van der Waals surface area contributed by atoms with Crippen LogP contribution in [0.25, 0.3) is 0 Å². The molecule has 0 amide bonds. The van der Waals surface area contributed by atoms with Gasteiger partial charge < -0.3 is 15.2 Å². The van der Waals surface area contributed by atoms with Gasteiger partial charge in [0.2, 0.25) is 0 Å². The summed E-state index contributed by atoms with van der Waals surface area (Å²) in [5.41, 5.74) is 0. The fraction of sp³-hybridized carbons (Fsp3) is 1.00. The molecule has 1 unspecified atom stereocenters. The van der Waals surface area contributed by atoms with E-state index in [1.807, 2.05) is 0 Å². The van der Waals surface area contributed by atoms with Gasteiger partial charge in [-0.05, 0) is 58.0 Å². The van der Waals surface area contributed by atoms with Crippen molar-refractivity contribution in [3.8, 4) is 0 Å². The number of nitrogens with one attached hydrogen (secondary N) is 1. The van der Waals surface area contributed by atoms with Crippen molar-refractivity contribution in [2.45, 2.75) is 51.0 Å². The Labute approximate surface area is 93.2 Å². The molecule has 1 fully saturated rings. The lowest BCUT2D eigenvalue weighted by Crippen LogP contribution is -2.18. The average Bonchev–Trinajstić information content (AvgIpc) is 2.75. The molecule has 1 aliphatic rings. The summed E-state index contributed by atoms with van der Waals surface area (Å²) >= 11 is 0. The van der Waals surface area contributed by atoms with Crippen LogP contribution in [-0.4, -0.2) is 37.5 Å². The molecule has 0 bridgehead atoms. The highest BCUT2D eigenvalue weighted by Gasteiger charge is 2.13. The summed E-state index contributed by atoms with van der Waals surface area (Å²) in [6.45, 7) is 3.50. The Bertz CT molecular complexity index is 136. The van der Waals surface area contributed by atoms with Crippen molar-refractivity contribution in [1.29, 1.82) is 0 Å². The Balaban J connectivity index is 1.73. The highest BCUT2D eigenvalue weighted by atomic mass is 16.5. The van der Waals surface area contributed by atoms with Crippen molar-refractivity contribution in [3.05, 3.63) is 0 Å². The Kier molecular flexibility index (Phi) is 7.88. The first kappa shape index (κ1) is 12.9. The molecule has 1 saturated heterocycles. The maximum atomic E-state index is 8.59. The van der Waals surface area contributed by atoms with Crippen LogP contribution in [0, 0.1) is 0 Å². The minimum Gasteiger partial charge on any atom is -0.396 e. The molecule has 3 heteroatoms. The van der Waals surface area contributed by atoms with E-state index in [0.717, 1.165) is 32.5 Å². The largest absolute Gasteiger partial charge is 0.396 e. The summed E-state index contributed by atoms with van der Waals surface area (Å²) in [4.78, 5) is 0. The number of aliphatic hydroxyl groups excluding tert-OH is 1. The molecule has 90 valence electrons. The topological polar surface area (TPSA) is 41.5 Å². The third kappa shape index (κ3) is 6.88. The molecule has 2 N–H and O–H groups in total. The third-order valence-corrected chi connectivity index (χ3v) is 2.92. The Morgan fingerprint density at radius 3 is 2.73 bits per heavy atom. The molecule has 0 radical (unpaired) electrons. The molecule has 0 spiro atoms. The van der Waals surface area contributed by atoms with Crippen molar-refractivity contribution >= 4 is 0 Å². The zero-order chi connectivity index (χ0) is 10.8. The number of hydrogen-bond acceptors (Lipinski definition) is 3. The summed E-state index contributed by atoms with van der Waals surface area (Å²) in [7, 11) is 0. The smallest absolute Gasteiger partial charge is 0.0576 e. The van der Waals surface area contributed by atoms with Crippen LogP contribution < -0.4 is 5.32 Å². The molecule has 0 saturated carbocycles. The van der Waals surface area contributed by atoms with Gasteiger partial charge in [0, 0.05) is 13.2 Å². The first-order valence-electron chi connectivity index (χ1n) is 6.36. The van der Waals surface area contributed by atoms with Crippen molar-refractivity contribution in [1.82, 2.24) is 5.32 Å². The number of hydrogen-bond donors (Lipinski definition) is 2. The second-order valence-corrected chi connectivity index (χ2v) is 4.31. The number of unbranched alkanes of at least 4 members (excludes halogenated alkanes) is 2. The van der Waals surface area contributed by atoms with Crippen molar-refractivity contribution in [3.63, 3.8) is 0 Å². The van der Waals surface area contributed by atoms with Crippen molar-refractivity contribution < 1.29 is 9.84 Å². The fourth-order valence-corrected chi connectivity index (χ4v) is 1.99. The quantitative estimate of drug-likeness (QED) is 0.575. The summed E-state index contributed by atoms with van der Waals surface area (Å²) in [6, 6.07) is 0. The maximum Gasteiger partial charge on any atom is 0.0576 e. The SMILES string of the molecule is OCCCCCNCCCC1CCCO1. The molecule has 0 aromatic rings. The summed E-state index contributed by atoms with van der Waals surface area (Å²) in [5, 5.41) is 12.0. The first-order valence-corrected chi connectivity index (χ1v) is 6.36. The number of aliphatic hydroxyl groups is 1. The highest BCUT2D eigenvalue weighted by molar-refractivity contribution is 4.65. The standard InChI is InChI=1S/C12H25NO2/c14-10-3-1-2-8-13-9-4-6-12-7-5-11-15-12/h12-14H,1-11H2. The molecule has 0 aliphatic carbocycles. The second kappa shape index (κ2) is 9.13.